The van der Waals surface area contributed by atoms with Gasteiger partial charge in [-0.25, -0.2) is 4.98 Å². The van der Waals surface area contributed by atoms with Gasteiger partial charge in [0.1, 0.15) is 5.75 Å². The SMILES string of the molecule is COc1ccc(C2C(C(=O)c3ccccc3)=C(O)C(=O)N2c2nccs2)cc1. The Balaban J connectivity index is 1.85. The normalized spacial score (nSPS) is 16.5. The number of aliphatic hydroxyl groups excluding tert-OH is 1. The zero-order valence-electron chi connectivity index (χ0n) is 14.9. The molecule has 0 spiro atoms. The van der Waals surface area contributed by atoms with Gasteiger partial charge in [0.2, 0.25) is 0 Å². The molecule has 2 aromatic carbocycles. The molecule has 3 aromatic rings. The molecule has 4 rings (SSSR count). The van der Waals surface area contributed by atoms with Crippen molar-refractivity contribution in [2.45, 2.75) is 6.04 Å². The molecule has 7 heteroatoms. The smallest absolute Gasteiger partial charge is 0.296 e. The molecule has 140 valence electrons. The Kier molecular flexibility index (Phi) is 4.67. The lowest BCUT2D eigenvalue weighted by molar-refractivity contribution is -0.117. The number of ketones is 1. The van der Waals surface area contributed by atoms with E-state index in [2.05, 4.69) is 4.98 Å². The van der Waals surface area contributed by atoms with E-state index in [1.807, 2.05) is 0 Å². The highest BCUT2D eigenvalue weighted by atomic mass is 32.1. The second-order valence-corrected chi connectivity index (χ2v) is 7.00. The second kappa shape index (κ2) is 7.28. The topological polar surface area (TPSA) is 79.7 Å². The molecule has 0 fully saturated rings. The van der Waals surface area contributed by atoms with Crippen LogP contribution in [0.25, 0.3) is 0 Å². The van der Waals surface area contributed by atoms with Crippen molar-refractivity contribution in [1.29, 1.82) is 0 Å². The Morgan fingerprint density at radius 2 is 1.86 bits per heavy atom. The van der Waals surface area contributed by atoms with Gasteiger partial charge in [0.05, 0.1) is 18.7 Å². The molecule has 28 heavy (non-hydrogen) atoms. The second-order valence-electron chi connectivity index (χ2n) is 6.12. The first-order chi connectivity index (χ1) is 13.6. The monoisotopic (exact) mass is 392 g/mol. The molecule has 0 saturated carbocycles. The van der Waals surface area contributed by atoms with Gasteiger partial charge in [-0.1, -0.05) is 42.5 Å². The minimum Gasteiger partial charge on any atom is -0.503 e. The Hall–Kier alpha value is -3.45. The minimum absolute atomic E-state index is 0.0385. The molecule has 1 amide bonds. The standard InChI is InChI=1S/C21H16N2O4S/c1-27-15-9-7-13(8-10-15)17-16(18(24)14-5-3-2-4-6-14)19(25)20(26)23(17)21-22-11-12-28-21/h2-12,17,25H,1H3. The van der Waals surface area contributed by atoms with Crippen LogP contribution in [0.15, 0.2) is 77.5 Å². The van der Waals surface area contributed by atoms with Crippen molar-refractivity contribution in [2.24, 2.45) is 0 Å². The van der Waals surface area contributed by atoms with Crippen molar-refractivity contribution in [2.75, 3.05) is 12.0 Å². The van der Waals surface area contributed by atoms with Gasteiger partial charge in [-0.2, -0.15) is 0 Å². The molecule has 0 aliphatic carbocycles. The summed E-state index contributed by atoms with van der Waals surface area (Å²) < 4.78 is 5.20. The summed E-state index contributed by atoms with van der Waals surface area (Å²) in [4.78, 5) is 31.6. The first kappa shape index (κ1) is 17.9. The lowest BCUT2D eigenvalue weighted by Crippen LogP contribution is -2.30. The minimum atomic E-state index is -0.780. The summed E-state index contributed by atoms with van der Waals surface area (Å²) in [6, 6.07) is 14.9. The number of aromatic nitrogens is 1. The number of methoxy groups -OCH3 is 1. The van der Waals surface area contributed by atoms with E-state index in [-0.39, 0.29) is 5.57 Å². The van der Waals surface area contributed by atoms with Crippen LogP contribution in [0.2, 0.25) is 0 Å². The molecule has 1 N–H and O–H groups in total. The summed E-state index contributed by atoms with van der Waals surface area (Å²) in [5, 5.41) is 12.8. The number of benzene rings is 2. The molecule has 1 aliphatic heterocycles. The van der Waals surface area contributed by atoms with Crippen LogP contribution in [0.4, 0.5) is 5.13 Å². The largest absolute Gasteiger partial charge is 0.503 e. The molecule has 0 saturated heterocycles. The summed E-state index contributed by atoms with van der Waals surface area (Å²) in [5.41, 5.74) is 1.11. The lowest BCUT2D eigenvalue weighted by atomic mass is 9.93. The van der Waals surface area contributed by atoms with Gasteiger partial charge in [0.15, 0.2) is 16.7 Å². The Labute approximate surface area is 165 Å². The number of hydrogen-bond donors (Lipinski definition) is 1. The highest BCUT2D eigenvalue weighted by Crippen LogP contribution is 2.42. The summed E-state index contributed by atoms with van der Waals surface area (Å²) in [6.07, 6.45) is 1.58. The van der Waals surface area contributed by atoms with Crippen molar-refractivity contribution >= 4 is 28.2 Å². The van der Waals surface area contributed by atoms with Crippen LogP contribution in [-0.2, 0) is 4.79 Å². The van der Waals surface area contributed by atoms with Crippen molar-refractivity contribution in [1.82, 2.24) is 4.98 Å². The number of ether oxygens (including phenoxy) is 1. The van der Waals surface area contributed by atoms with Crippen molar-refractivity contribution in [3.05, 3.63) is 88.6 Å². The van der Waals surface area contributed by atoms with Crippen LogP contribution < -0.4 is 9.64 Å². The lowest BCUT2D eigenvalue weighted by Gasteiger charge is -2.24. The third-order valence-corrected chi connectivity index (χ3v) is 5.32. The van der Waals surface area contributed by atoms with Gasteiger partial charge in [-0.15, -0.1) is 11.3 Å². The van der Waals surface area contributed by atoms with Crippen LogP contribution in [0.3, 0.4) is 0 Å². The van der Waals surface area contributed by atoms with E-state index in [4.69, 9.17) is 4.74 Å². The highest BCUT2D eigenvalue weighted by Gasteiger charge is 2.45. The number of rotatable bonds is 5. The molecule has 1 aromatic heterocycles. The fourth-order valence-corrected chi connectivity index (χ4v) is 3.88. The number of nitrogens with zero attached hydrogens (tertiary/aromatic N) is 2. The van der Waals surface area contributed by atoms with Gasteiger partial charge in [0, 0.05) is 17.1 Å². The molecule has 1 atom stereocenters. The number of hydrogen-bond acceptors (Lipinski definition) is 6. The molecule has 0 bridgehead atoms. The van der Waals surface area contributed by atoms with Crippen molar-refractivity contribution < 1.29 is 19.4 Å². The van der Waals surface area contributed by atoms with Crippen LogP contribution >= 0.6 is 11.3 Å². The van der Waals surface area contributed by atoms with E-state index in [1.54, 1.807) is 73.3 Å². The number of aliphatic hydroxyl groups is 1. The maximum Gasteiger partial charge on any atom is 0.296 e. The predicted octanol–water partition coefficient (Wildman–Crippen LogP) is 3.93. The first-order valence-electron chi connectivity index (χ1n) is 8.51. The summed E-state index contributed by atoms with van der Waals surface area (Å²) in [5.74, 6) is -0.941. The number of carbonyl (C=O) groups is 2. The number of Topliss-reactive ketones (excluding diaryl/α,β-unsaturated/α-hetero) is 1. The molecular formula is C21H16N2O4S. The maximum atomic E-state index is 13.2. The zero-order valence-corrected chi connectivity index (χ0v) is 15.7. The van der Waals surface area contributed by atoms with Gasteiger partial charge in [-0.05, 0) is 17.7 Å². The van der Waals surface area contributed by atoms with Crippen LogP contribution in [0, 0.1) is 0 Å². The fraction of sp³-hybridized carbons (Fsp3) is 0.0952. The maximum absolute atomic E-state index is 13.2. The van der Waals surface area contributed by atoms with Gasteiger partial charge >= 0.3 is 0 Å². The summed E-state index contributed by atoms with van der Waals surface area (Å²) >= 11 is 1.26. The van der Waals surface area contributed by atoms with E-state index in [1.165, 1.54) is 16.2 Å². The van der Waals surface area contributed by atoms with E-state index in [0.717, 1.165) is 0 Å². The van der Waals surface area contributed by atoms with Crippen molar-refractivity contribution in [3.63, 3.8) is 0 Å². The predicted molar refractivity (Wildman–Crippen MR) is 106 cm³/mol. The van der Waals surface area contributed by atoms with Gasteiger partial charge in [0.25, 0.3) is 5.91 Å². The third kappa shape index (κ3) is 2.95. The molecule has 0 radical (unpaired) electrons. The molecule has 1 unspecified atom stereocenters. The zero-order chi connectivity index (χ0) is 19.7. The van der Waals surface area contributed by atoms with E-state index < -0.39 is 23.5 Å². The quantitative estimate of drug-likeness (QED) is 0.666. The first-order valence-corrected chi connectivity index (χ1v) is 9.39. The molecular weight excluding hydrogens is 376 g/mol. The van der Waals surface area contributed by atoms with E-state index in [9.17, 15) is 14.7 Å². The molecule has 6 nitrogen and oxygen atoms in total. The Morgan fingerprint density at radius 1 is 1.14 bits per heavy atom. The van der Waals surface area contributed by atoms with Crippen LogP contribution in [-0.4, -0.2) is 28.9 Å². The van der Waals surface area contributed by atoms with Crippen LogP contribution in [0.1, 0.15) is 22.0 Å². The summed E-state index contributed by atoms with van der Waals surface area (Å²) in [7, 11) is 1.56. The number of amides is 1. The third-order valence-electron chi connectivity index (χ3n) is 4.55. The number of carbonyl (C=O) groups excluding carboxylic acids is 2. The Bertz CT molecular complexity index is 1040. The average molecular weight is 392 g/mol. The number of anilines is 1. The van der Waals surface area contributed by atoms with Crippen molar-refractivity contribution in [3.8, 4) is 5.75 Å². The van der Waals surface area contributed by atoms with Crippen LogP contribution in [0.5, 0.6) is 5.75 Å². The molecule has 1 aliphatic rings. The van der Waals surface area contributed by atoms with Gasteiger partial charge in [-0.3, -0.25) is 14.5 Å². The average Bonchev–Trinajstić information content (AvgIpc) is 3.35. The molecule has 2 heterocycles. The fourth-order valence-electron chi connectivity index (χ4n) is 3.22. The highest BCUT2D eigenvalue weighted by molar-refractivity contribution is 7.13. The Morgan fingerprint density at radius 3 is 2.46 bits per heavy atom. The van der Waals surface area contributed by atoms with Gasteiger partial charge < -0.3 is 9.84 Å². The summed E-state index contributed by atoms with van der Waals surface area (Å²) in [6.45, 7) is 0. The number of thiazole rings is 1. The van der Waals surface area contributed by atoms with E-state index >= 15 is 0 Å². The van der Waals surface area contributed by atoms with E-state index in [0.29, 0.717) is 22.0 Å².